The first kappa shape index (κ1) is 24.4. The predicted molar refractivity (Wildman–Crippen MR) is 109 cm³/mol. The van der Waals surface area contributed by atoms with E-state index in [1.54, 1.807) is 13.8 Å². The number of phenolic OH excluding ortho intramolecular Hbond substituents is 1. The monoisotopic (exact) mass is 501 g/mol. The second-order valence-electron chi connectivity index (χ2n) is 8.07. The van der Waals surface area contributed by atoms with Crippen LogP contribution in [0.1, 0.15) is 31.0 Å². The van der Waals surface area contributed by atoms with E-state index in [1.165, 1.54) is 6.07 Å². The molecule has 0 spiro atoms. The maximum atomic E-state index is 14.7. The summed E-state index contributed by atoms with van der Waals surface area (Å²) in [5, 5.41) is 13.7. The standard InChI is InChI=1S/C23H15F8N3O/c1-10(2)21-20(19-15(25)6-12(35)7-16(19)26)18-8-17(32-9-34(18)33-21)11-3-4-14(24)13(5-11)22(27,28)23(29,30)31/h3-10,35H,1-2H3. The van der Waals surface area contributed by atoms with Gasteiger partial charge in [-0.25, -0.2) is 22.7 Å². The van der Waals surface area contributed by atoms with Crippen LogP contribution >= 0.6 is 0 Å². The van der Waals surface area contributed by atoms with Gasteiger partial charge in [0.15, 0.2) is 0 Å². The lowest BCUT2D eigenvalue weighted by Crippen LogP contribution is -2.34. The SMILES string of the molecule is CC(C)c1nn2cnc(-c3ccc(F)c(C(F)(F)C(F)(F)F)c3)cc2c1-c1c(F)cc(O)cc1F. The van der Waals surface area contributed by atoms with E-state index in [-0.39, 0.29) is 33.9 Å². The highest BCUT2D eigenvalue weighted by Gasteiger charge is 2.60. The minimum Gasteiger partial charge on any atom is -0.508 e. The van der Waals surface area contributed by atoms with Gasteiger partial charge in [-0.1, -0.05) is 13.8 Å². The van der Waals surface area contributed by atoms with Gasteiger partial charge in [-0.2, -0.15) is 27.1 Å². The minimum atomic E-state index is -6.04. The Labute approximate surface area is 192 Å². The van der Waals surface area contributed by atoms with E-state index in [4.69, 9.17) is 0 Å². The molecular formula is C23H15F8N3O. The molecule has 0 saturated carbocycles. The van der Waals surface area contributed by atoms with E-state index in [1.807, 2.05) is 0 Å². The molecule has 1 N–H and O–H groups in total. The van der Waals surface area contributed by atoms with Crippen molar-refractivity contribution in [3.63, 3.8) is 0 Å². The molecule has 2 aromatic heterocycles. The Morgan fingerprint density at radius 3 is 2.06 bits per heavy atom. The highest BCUT2D eigenvalue weighted by Crippen LogP contribution is 2.46. The third-order valence-corrected chi connectivity index (χ3v) is 5.33. The molecule has 0 amide bonds. The molecule has 184 valence electrons. The van der Waals surface area contributed by atoms with E-state index >= 15 is 0 Å². The molecular weight excluding hydrogens is 486 g/mol. The molecule has 0 aliphatic rings. The molecule has 4 nitrogen and oxygen atoms in total. The van der Waals surface area contributed by atoms with Crippen molar-refractivity contribution in [1.82, 2.24) is 14.6 Å². The van der Waals surface area contributed by atoms with Crippen LogP contribution in [0.15, 0.2) is 42.7 Å². The van der Waals surface area contributed by atoms with Crippen LogP contribution < -0.4 is 0 Å². The summed E-state index contributed by atoms with van der Waals surface area (Å²) in [7, 11) is 0. The summed E-state index contributed by atoms with van der Waals surface area (Å²) in [5.41, 5.74) is -2.63. The number of nitrogens with zero attached hydrogens (tertiary/aromatic N) is 3. The number of halogens is 8. The second-order valence-corrected chi connectivity index (χ2v) is 8.07. The maximum Gasteiger partial charge on any atom is 0.458 e. The van der Waals surface area contributed by atoms with Crippen LogP contribution in [-0.2, 0) is 5.92 Å². The van der Waals surface area contributed by atoms with Crippen LogP contribution in [0.3, 0.4) is 0 Å². The van der Waals surface area contributed by atoms with Gasteiger partial charge in [0.05, 0.1) is 28.0 Å². The zero-order valence-corrected chi connectivity index (χ0v) is 17.9. The first-order valence-electron chi connectivity index (χ1n) is 10.0. The van der Waals surface area contributed by atoms with Gasteiger partial charge in [-0.15, -0.1) is 0 Å². The van der Waals surface area contributed by atoms with Crippen molar-refractivity contribution in [2.24, 2.45) is 0 Å². The van der Waals surface area contributed by atoms with Crippen LogP contribution in [0.2, 0.25) is 0 Å². The van der Waals surface area contributed by atoms with Crippen molar-refractivity contribution in [3.05, 3.63) is 71.4 Å². The fourth-order valence-corrected chi connectivity index (χ4v) is 3.67. The van der Waals surface area contributed by atoms with Gasteiger partial charge in [0.1, 0.15) is 29.5 Å². The summed E-state index contributed by atoms with van der Waals surface area (Å²) < 4.78 is 111. The lowest BCUT2D eigenvalue weighted by atomic mass is 9.96. The molecule has 4 aromatic rings. The molecule has 0 aliphatic carbocycles. The molecule has 0 unspecified atom stereocenters. The molecule has 0 aliphatic heterocycles. The Morgan fingerprint density at radius 1 is 0.857 bits per heavy atom. The lowest BCUT2D eigenvalue weighted by Gasteiger charge is -2.21. The molecule has 0 atom stereocenters. The van der Waals surface area contributed by atoms with Crippen LogP contribution in [-0.4, -0.2) is 25.9 Å². The van der Waals surface area contributed by atoms with Gasteiger partial charge >= 0.3 is 12.1 Å². The zero-order valence-electron chi connectivity index (χ0n) is 17.9. The topological polar surface area (TPSA) is 50.4 Å². The van der Waals surface area contributed by atoms with Crippen molar-refractivity contribution in [2.75, 3.05) is 0 Å². The number of fused-ring (bicyclic) bond motifs is 1. The predicted octanol–water partition coefficient (Wildman–Crippen LogP) is 6.96. The average molecular weight is 501 g/mol. The molecule has 0 bridgehead atoms. The van der Waals surface area contributed by atoms with Gasteiger partial charge in [0, 0.05) is 23.3 Å². The van der Waals surface area contributed by atoms with Gasteiger partial charge in [0.2, 0.25) is 0 Å². The summed E-state index contributed by atoms with van der Waals surface area (Å²) in [4.78, 5) is 3.98. The lowest BCUT2D eigenvalue weighted by molar-refractivity contribution is -0.290. The number of hydrogen-bond donors (Lipinski definition) is 1. The van der Waals surface area contributed by atoms with Crippen molar-refractivity contribution in [1.29, 1.82) is 0 Å². The number of benzene rings is 2. The maximum absolute atomic E-state index is 14.7. The molecule has 35 heavy (non-hydrogen) atoms. The average Bonchev–Trinajstić information content (AvgIpc) is 3.11. The van der Waals surface area contributed by atoms with Crippen LogP contribution in [0, 0.1) is 17.5 Å². The molecule has 0 fully saturated rings. The van der Waals surface area contributed by atoms with Crippen molar-refractivity contribution in [2.45, 2.75) is 31.9 Å². The first-order chi connectivity index (χ1) is 16.2. The zero-order chi connectivity index (χ0) is 25.9. The van der Waals surface area contributed by atoms with Crippen molar-refractivity contribution >= 4 is 5.52 Å². The summed E-state index contributed by atoms with van der Waals surface area (Å²) in [6.07, 6.45) is -4.95. The third-order valence-electron chi connectivity index (χ3n) is 5.33. The van der Waals surface area contributed by atoms with Crippen LogP contribution in [0.4, 0.5) is 35.1 Å². The molecule has 2 heterocycles. The molecule has 2 aromatic carbocycles. The summed E-state index contributed by atoms with van der Waals surface area (Å²) >= 11 is 0. The van der Waals surface area contributed by atoms with E-state index in [9.17, 15) is 40.2 Å². The fourth-order valence-electron chi connectivity index (χ4n) is 3.67. The Morgan fingerprint density at radius 2 is 1.49 bits per heavy atom. The van der Waals surface area contributed by atoms with Crippen LogP contribution in [0.5, 0.6) is 5.75 Å². The Bertz CT molecular complexity index is 1420. The van der Waals surface area contributed by atoms with E-state index in [0.717, 1.165) is 16.9 Å². The van der Waals surface area contributed by atoms with E-state index in [0.29, 0.717) is 24.3 Å². The normalized spacial score (nSPS) is 12.7. The number of hydrogen-bond acceptors (Lipinski definition) is 3. The van der Waals surface area contributed by atoms with Crippen molar-refractivity contribution < 1.29 is 40.2 Å². The largest absolute Gasteiger partial charge is 0.508 e. The smallest absolute Gasteiger partial charge is 0.458 e. The fraction of sp³-hybridized carbons (Fsp3) is 0.217. The first-order valence-corrected chi connectivity index (χ1v) is 10.0. The number of phenols is 1. The summed E-state index contributed by atoms with van der Waals surface area (Å²) in [5.74, 6) is -10.5. The van der Waals surface area contributed by atoms with Gasteiger partial charge in [0.25, 0.3) is 0 Å². The Kier molecular flexibility index (Phi) is 5.73. The Hall–Kier alpha value is -3.70. The highest BCUT2D eigenvalue weighted by molar-refractivity contribution is 5.85. The van der Waals surface area contributed by atoms with E-state index < -0.39 is 46.4 Å². The Balaban J connectivity index is 1.97. The number of aromatic nitrogens is 3. The molecule has 4 rings (SSSR count). The molecule has 12 heteroatoms. The minimum absolute atomic E-state index is 0.0263. The summed E-state index contributed by atoms with van der Waals surface area (Å²) in [6.45, 7) is 3.39. The second kappa shape index (κ2) is 8.21. The number of aromatic hydroxyl groups is 1. The summed E-state index contributed by atoms with van der Waals surface area (Å²) in [6, 6.07) is 4.29. The quantitative estimate of drug-likeness (QED) is 0.308. The van der Waals surface area contributed by atoms with Gasteiger partial charge in [-0.05, 0) is 30.2 Å². The molecule has 0 radical (unpaired) electrons. The number of rotatable bonds is 4. The van der Waals surface area contributed by atoms with Crippen LogP contribution in [0.25, 0.3) is 27.9 Å². The van der Waals surface area contributed by atoms with Crippen molar-refractivity contribution in [3.8, 4) is 28.1 Å². The highest BCUT2D eigenvalue weighted by atomic mass is 19.4. The van der Waals surface area contributed by atoms with Gasteiger partial charge < -0.3 is 5.11 Å². The molecule has 0 saturated heterocycles. The van der Waals surface area contributed by atoms with E-state index in [2.05, 4.69) is 10.1 Å². The van der Waals surface area contributed by atoms with Gasteiger partial charge in [-0.3, -0.25) is 0 Å². The number of alkyl halides is 5. The third kappa shape index (κ3) is 4.06.